The van der Waals surface area contributed by atoms with Gasteiger partial charge in [-0.3, -0.25) is 24.7 Å². The van der Waals surface area contributed by atoms with E-state index in [1.807, 2.05) is 13.0 Å². The van der Waals surface area contributed by atoms with Crippen molar-refractivity contribution in [1.29, 1.82) is 0 Å². The summed E-state index contributed by atoms with van der Waals surface area (Å²) in [5, 5.41) is 4.16. The van der Waals surface area contributed by atoms with Gasteiger partial charge < -0.3 is 10.1 Å². The maximum Gasteiger partial charge on any atom is 0.269 e. The van der Waals surface area contributed by atoms with Crippen LogP contribution < -0.4 is 20.4 Å². The highest BCUT2D eigenvalue weighted by molar-refractivity contribution is 7.80. The van der Waals surface area contributed by atoms with Gasteiger partial charge in [-0.1, -0.05) is 42.5 Å². The Morgan fingerprint density at radius 3 is 2.34 bits per heavy atom. The Hall–Kier alpha value is -4.24. The van der Waals surface area contributed by atoms with E-state index >= 15 is 0 Å². The first-order valence-corrected chi connectivity index (χ1v) is 11.5. The Bertz CT molecular complexity index is 1240. The lowest BCUT2D eigenvalue weighted by Crippen LogP contribution is -2.49. The second-order valence-electron chi connectivity index (χ2n) is 7.70. The summed E-state index contributed by atoms with van der Waals surface area (Å²) in [6.07, 6.45) is -0.226. The molecule has 4 rings (SSSR count). The van der Waals surface area contributed by atoms with E-state index in [2.05, 4.69) is 10.7 Å². The van der Waals surface area contributed by atoms with Gasteiger partial charge in [-0.2, -0.15) is 0 Å². The largest absolute Gasteiger partial charge is 0.494 e. The lowest BCUT2D eigenvalue weighted by atomic mass is 10.1. The number of para-hydroxylation sites is 1. The number of amides is 3. The summed E-state index contributed by atoms with van der Waals surface area (Å²) in [5.74, 6) is -0.637. The van der Waals surface area contributed by atoms with Crippen molar-refractivity contribution in [2.45, 2.75) is 19.4 Å². The molecule has 8 nitrogen and oxygen atoms in total. The normalized spacial score (nSPS) is 15.2. The smallest absolute Gasteiger partial charge is 0.269 e. The predicted octanol–water partition coefficient (Wildman–Crippen LogP) is 3.76. The quantitative estimate of drug-likeness (QED) is 0.469. The Kier molecular flexibility index (Phi) is 7.37. The van der Waals surface area contributed by atoms with Gasteiger partial charge >= 0.3 is 0 Å². The molecule has 0 radical (unpaired) electrons. The first kappa shape index (κ1) is 23.9. The maximum atomic E-state index is 13.4. The molecule has 0 aromatic heterocycles. The minimum absolute atomic E-state index is 0.0848. The van der Waals surface area contributed by atoms with E-state index in [0.29, 0.717) is 29.3 Å². The number of benzene rings is 3. The molecule has 0 saturated carbocycles. The zero-order chi connectivity index (χ0) is 24.8. The highest BCUT2D eigenvalue weighted by Crippen LogP contribution is 2.26. The standard InChI is InChI=1S/C26H24N4O4S/c1-2-34-21-15-9-12-19(16-21)27-23(31)17-22-25(33)29(20-13-7-4-8-14-20)26(35)30(22)28-24(32)18-10-5-3-6-11-18/h3-16,22H,2,17H2,1H3,(H,27,31)(H,28,32)/t22-/m0/s1. The van der Waals surface area contributed by atoms with Gasteiger partial charge in [-0.05, 0) is 55.5 Å². The highest BCUT2D eigenvalue weighted by Gasteiger charge is 2.45. The molecule has 0 unspecified atom stereocenters. The van der Waals surface area contributed by atoms with Crippen molar-refractivity contribution in [2.75, 3.05) is 16.8 Å². The molecule has 9 heteroatoms. The number of rotatable bonds is 8. The number of ether oxygens (including phenoxy) is 1. The summed E-state index contributed by atoms with van der Waals surface area (Å²) < 4.78 is 5.47. The third kappa shape index (κ3) is 5.47. The Morgan fingerprint density at radius 1 is 0.971 bits per heavy atom. The summed E-state index contributed by atoms with van der Waals surface area (Å²) in [6.45, 7) is 2.37. The fraction of sp³-hybridized carbons (Fsp3) is 0.154. The predicted molar refractivity (Wildman–Crippen MR) is 137 cm³/mol. The average Bonchev–Trinajstić information content (AvgIpc) is 3.09. The lowest BCUT2D eigenvalue weighted by molar-refractivity contribution is -0.124. The van der Waals surface area contributed by atoms with Crippen molar-refractivity contribution in [1.82, 2.24) is 10.4 Å². The van der Waals surface area contributed by atoms with Crippen LogP contribution in [0.4, 0.5) is 11.4 Å². The molecule has 0 bridgehead atoms. The van der Waals surface area contributed by atoms with Crippen LogP contribution in [0.25, 0.3) is 0 Å². The first-order chi connectivity index (χ1) is 17.0. The fourth-order valence-electron chi connectivity index (χ4n) is 3.70. The SMILES string of the molecule is CCOc1cccc(NC(=O)C[C@H]2C(=O)N(c3ccccc3)C(=S)N2NC(=O)c2ccccc2)c1. The minimum atomic E-state index is -1.02. The Morgan fingerprint density at radius 2 is 1.66 bits per heavy atom. The molecule has 0 spiro atoms. The summed E-state index contributed by atoms with van der Waals surface area (Å²) in [5.41, 5.74) is 4.20. The van der Waals surface area contributed by atoms with E-state index in [1.165, 1.54) is 9.91 Å². The highest BCUT2D eigenvalue weighted by atomic mass is 32.1. The van der Waals surface area contributed by atoms with Crippen LogP contribution in [-0.2, 0) is 9.59 Å². The Balaban J connectivity index is 1.56. The number of hydrogen-bond acceptors (Lipinski definition) is 5. The molecule has 35 heavy (non-hydrogen) atoms. The number of carbonyl (C=O) groups is 3. The van der Waals surface area contributed by atoms with Crippen LogP contribution in [0.1, 0.15) is 23.7 Å². The summed E-state index contributed by atoms with van der Waals surface area (Å²) in [7, 11) is 0. The van der Waals surface area contributed by atoms with Crippen LogP contribution in [0.15, 0.2) is 84.9 Å². The van der Waals surface area contributed by atoms with Crippen LogP contribution in [0.3, 0.4) is 0 Å². The van der Waals surface area contributed by atoms with E-state index in [0.717, 1.165) is 0 Å². The fourth-order valence-corrected chi connectivity index (χ4v) is 4.06. The first-order valence-electron chi connectivity index (χ1n) is 11.1. The van der Waals surface area contributed by atoms with Crippen molar-refractivity contribution < 1.29 is 19.1 Å². The molecule has 0 aliphatic carbocycles. The van der Waals surface area contributed by atoms with Crippen molar-refractivity contribution in [3.05, 3.63) is 90.5 Å². The molecule has 1 aliphatic rings. The van der Waals surface area contributed by atoms with Gasteiger partial charge in [0.2, 0.25) is 11.0 Å². The summed E-state index contributed by atoms with van der Waals surface area (Å²) in [4.78, 5) is 40.5. The lowest BCUT2D eigenvalue weighted by Gasteiger charge is -2.24. The molecule has 1 atom stereocenters. The third-order valence-corrected chi connectivity index (χ3v) is 5.67. The van der Waals surface area contributed by atoms with Crippen molar-refractivity contribution in [2.24, 2.45) is 0 Å². The van der Waals surface area contributed by atoms with Gasteiger partial charge in [0.1, 0.15) is 11.8 Å². The van der Waals surface area contributed by atoms with Crippen LogP contribution in [0.2, 0.25) is 0 Å². The number of carbonyl (C=O) groups excluding carboxylic acids is 3. The number of nitrogens with zero attached hydrogens (tertiary/aromatic N) is 2. The second kappa shape index (κ2) is 10.8. The molecule has 3 aromatic carbocycles. The van der Waals surface area contributed by atoms with E-state index in [1.54, 1.807) is 78.9 Å². The molecule has 1 saturated heterocycles. The van der Waals surface area contributed by atoms with Gasteiger partial charge in [0.25, 0.3) is 11.8 Å². The molecule has 1 heterocycles. The maximum absolute atomic E-state index is 13.4. The number of hydrogen-bond donors (Lipinski definition) is 2. The topological polar surface area (TPSA) is 91.0 Å². The van der Waals surface area contributed by atoms with Gasteiger partial charge in [0, 0.05) is 17.3 Å². The monoisotopic (exact) mass is 488 g/mol. The third-order valence-electron chi connectivity index (χ3n) is 5.29. The zero-order valence-corrected chi connectivity index (χ0v) is 19.8. The van der Waals surface area contributed by atoms with Crippen LogP contribution >= 0.6 is 12.2 Å². The molecule has 178 valence electrons. The summed E-state index contributed by atoms with van der Waals surface area (Å²) in [6, 6.07) is 23.4. The molecular weight excluding hydrogens is 464 g/mol. The number of thiocarbonyl (C=S) groups is 1. The van der Waals surface area contributed by atoms with Gasteiger partial charge in [-0.15, -0.1) is 0 Å². The van der Waals surface area contributed by atoms with E-state index < -0.39 is 23.8 Å². The van der Waals surface area contributed by atoms with E-state index in [4.69, 9.17) is 17.0 Å². The van der Waals surface area contributed by atoms with E-state index in [-0.39, 0.29) is 11.5 Å². The Labute approximate surface area is 208 Å². The zero-order valence-electron chi connectivity index (χ0n) is 19.0. The number of nitrogens with one attached hydrogen (secondary N) is 2. The van der Waals surface area contributed by atoms with Gasteiger partial charge in [0.15, 0.2) is 0 Å². The van der Waals surface area contributed by atoms with Gasteiger partial charge in [0.05, 0.1) is 18.7 Å². The van der Waals surface area contributed by atoms with Crippen LogP contribution in [0, 0.1) is 0 Å². The molecule has 3 amide bonds. The van der Waals surface area contributed by atoms with Crippen molar-refractivity contribution in [3.8, 4) is 5.75 Å². The van der Waals surface area contributed by atoms with Crippen LogP contribution in [-0.4, -0.2) is 40.5 Å². The molecule has 2 N–H and O–H groups in total. The van der Waals surface area contributed by atoms with Crippen LogP contribution in [0.5, 0.6) is 5.75 Å². The molecule has 1 fully saturated rings. The van der Waals surface area contributed by atoms with E-state index in [9.17, 15) is 14.4 Å². The minimum Gasteiger partial charge on any atom is -0.494 e. The summed E-state index contributed by atoms with van der Waals surface area (Å²) >= 11 is 5.56. The second-order valence-corrected chi connectivity index (χ2v) is 8.06. The number of hydrazine groups is 1. The average molecular weight is 489 g/mol. The molecular formula is C26H24N4O4S. The molecule has 3 aromatic rings. The molecule has 1 aliphatic heterocycles. The number of anilines is 2. The van der Waals surface area contributed by atoms with Gasteiger partial charge in [-0.25, -0.2) is 5.01 Å². The van der Waals surface area contributed by atoms with Crippen molar-refractivity contribution in [3.63, 3.8) is 0 Å². The van der Waals surface area contributed by atoms with Crippen molar-refractivity contribution >= 4 is 46.4 Å².